The molecule has 20 heavy (non-hydrogen) atoms. The average Bonchev–Trinajstić information content (AvgIpc) is 2.38. The van der Waals surface area contributed by atoms with Gasteiger partial charge < -0.3 is 10.5 Å². The Bertz CT molecular complexity index is 531. The van der Waals surface area contributed by atoms with Gasteiger partial charge in [-0.3, -0.25) is 0 Å². The van der Waals surface area contributed by atoms with Crippen LogP contribution in [0, 0.1) is 5.82 Å². The van der Waals surface area contributed by atoms with Gasteiger partial charge in [0, 0.05) is 6.04 Å². The second kappa shape index (κ2) is 7.88. The molecule has 0 saturated carbocycles. The lowest BCUT2D eigenvalue weighted by Gasteiger charge is -2.10. The number of rotatable bonds is 5. The van der Waals surface area contributed by atoms with Gasteiger partial charge in [-0.1, -0.05) is 36.4 Å². The van der Waals surface area contributed by atoms with E-state index in [0.717, 1.165) is 11.1 Å². The van der Waals surface area contributed by atoms with E-state index in [4.69, 9.17) is 10.5 Å². The van der Waals surface area contributed by atoms with Crippen LogP contribution in [-0.4, -0.2) is 6.04 Å². The molecule has 2 rings (SSSR count). The zero-order valence-electron chi connectivity index (χ0n) is 11.4. The van der Waals surface area contributed by atoms with Gasteiger partial charge in [0.25, 0.3) is 0 Å². The van der Waals surface area contributed by atoms with Crippen LogP contribution in [0.5, 0.6) is 5.75 Å². The third-order valence-electron chi connectivity index (χ3n) is 2.79. The number of hydrogen-bond acceptors (Lipinski definition) is 2. The van der Waals surface area contributed by atoms with Crippen molar-refractivity contribution in [1.82, 2.24) is 0 Å². The van der Waals surface area contributed by atoms with Crippen molar-refractivity contribution in [3.8, 4) is 5.75 Å². The van der Waals surface area contributed by atoms with Crippen molar-refractivity contribution in [3.05, 3.63) is 65.5 Å². The largest absolute Gasteiger partial charge is 0.486 e. The first-order valence-electron chi connectivity index (χ1n) is 6.36. The first-order valence-corrected chi connectivity index (χ1v) is 6.36. The Hall–Kier alpha value is -1.58. The highest BCUT2D eigenvalue weighted by molar-refractivity contribution is 5.85. The molecule has 4 heteroatoms. The molecule has 0 heterocycles. The Balaban J connectivity index is 0.00000200. The Morgan fingerprint density at radius 2 is 1.80 bits per heavy atom. The van der Waals surface area contributed by atoms with Crippen molar-refractivity contribution in [1.29, 1.82) is 0 Å². The Labute approximate surface area is 125 Å². The van der Waals surface area contributed by atoms with Gasteiger partial charge in [0.1, 0.15) is 6.61 Å². The van der Waals surface area contributed by atoms with E-state index in [0.29, 0.717) is 13.0 Å². The predicted molar refractivity (Wildman–Crippen MR) is 81.8 cm³/mol. The quantitative estimate of drug-likeness (QED) is 0.912. The summed E-state index contributed by atoms with van der Waals surface area (Å²) in [6, 6.07) is 14.7. The third kappa shape index (κ3) is 4.83. The van der Waals surface area contributed by atoms with Crippen LogP contribution in [0.3, 0.4) is 0 Å². The van der Waals surface area contributed by atoms with Crippen LogP contribution in [0.4, 0.5) is 4.39 Å². The van der Waals surface area contributed by atoms with Crippen molar-refractivity contribution in [2.75, 3.05) is 0 Å². The second-order valence-electron chi connectivity index (χ2n) is 4.72. The average molecular weight is 296 g/mol. The molecule has 1 unspecified atom stereocenters. The van der Waals surface area contributed by atoms with Crippen LogP contribution >= 0.6 is 12.4 Å². The van der Waals surface area contributed by atoms with Crippen LogP contribution in [0.1, 0.15) is 18.1 Å². The molecule has 0 bridgehead atoms. The third-order valence-corrected chi connectivity index (χ3v) is 2.79. The summed E-state index contributed by atoms with van der Waals surface area (Å²) in [7, 11) is 0. The SMILES string of the molecule is CC(N)Cc1ccc(OCc2ccccc2)c(F)c1.Cl. The molecule has 0 radical (unpaired) electrons. The topological polar surface area (TPSA) is 35.2 Å². The van der Waals surface area contributed by atoms with Crippen LogP contribution in [0.25, 0.3) is 0 Å². The molecule has 2 N–H and O–H groups in total. The number of halogens is 2. The first-order chi connectivity index (χ1) is 9.15. The van der Waals surface area contributed by atoms with Crippen LogP contribution in [0.15, 0.2) is 48.5 Å². The number of ether oxygens (including phenoxy) is 1. The molecule has 0 spiro atoms. The van der Waals surface area contributed by atoms with E-state index in [1.54, 1.807) is 6.07 Å². The molecule has 0 amide bonds. The highest BCUT2D eigenvalue weighted by Gasteiger charge is 2.06. The molecule has 2 aromatic carbocycles. The van der Waals surface area contributed by atoms with E-state index < -0.39 is 0 Å². The molecular formula is C16H19ClFNO. The summed E-state index contributed by atoms with van der Waals surface area (Å²) in [4.78, 5) is 0. The van der Waals surface area contributed by atoms with Crippen molar-refractivity contribution in [2.45, 2.75) is 26.0 Å². The van der Waals surface area contributed by atoms with Gasteiger partial charge in [0.05, 0.1) is 0 Å². The molecule has 0 fully saturated rings. The minimum absolute atomic E-state index is 0. The highest BCUT2D eigenvalue weighted by atomic mass is 35.5. The summed E-state index contributed by atoms with van der Waals surface area (Å²) >= 11 is 0. The minimum atomic E-state index is -0.339. The molecule has 0 saturated heterocycles. The standard InChI is InChI=1S/C16H18FNO.ClH/c1-12(18)9-14-7-8-16(15(17)10-14)19-11-13-5-3-2-4-6-13;/h2-8,10,12H,9,11,18H2,1H3;1H. The monoisotopic (exact) mass is 295 g/mol. The number of nitrogens with two attached hydrogens (primary N) is 1. The summed E-state index contributed by atoms with van der Waals surface area (Å²) in [6.45, 7) is 2.27. The molecule has 2 aromatic rings. The van der Waals surface area contributed by atoms with Gasteiger partial charge in [0.2, 0.25) is 0 Å². The maximum absolute atomic E-state index is 13.8. The summed E-state index contributed by atoms with van der Waals surface area (Å²) in [5, 5.41) is 0. The van der Waals surface area contributed by atoms with E-state index in [1.807, 2.05) is 43.3 Å². The first kappa shape index (κ1) is 16.5. The molecule has 0 aliphatic heterocycles. The highest BCUT2D eigenvalue weighted by Crippen LogP contribution is 2.20. The summed E-state index contributed by atoms with van der Waals surface area (Å²) < 4.78 is 19.3. The van der Waals surface area contributed by atoms with Gasteiger partial charge in [-0.05, 0) is 36.6 Å². The van der Waals surface area contributed by atoms with Gasteiger partial charge >= 0.3 is 0 Å². The molecule has 0 aliphatic carbocycles. The molecule has 2 nitrogen and oxygen atoms in total. The number of hydrogen-bond donors (Lipinski definition) is 1. The van der Waals surface area contributed by atoms with Crippen LogP contribution in [-0.2, 0) is 13.0 Å². The minimum Gasteiger partial charge on any atom is -0.486 e. The zero-order chi connectivity index (χ0) is 13.7. The predicted octanol–water partition coefficient (Wildman–Crippen LogP) is 3.72. The van der Waals surface area contributed by atoms with E-state index in [2.05, 4.69) is 0 Å². The molecular weight excluding hydrogens is 277 g/mol. The molecule has 0 aliphatic rings. The lowest BCUT2D eigenvalue weighted by atomic mass is 10.1. The van der Waals surface area contributed by atoms with Crippen molar-refractivity contribution >= 4 is 12.4 Å². The van der Waals surface area contributed by atoms with Gasteiger partial charge in [-0.2, -0.15) is 0 Å². The summed E-state index contributed by atoms with van der Waals surface area (Å²) in [5.41, 5.74) is 7.60. The summed E-state index contributed by atoms with van der Waals surface area (Å²) in [5.74, 6) is -0.0636. The van der Waals surface area contributed by atoms with E-state index in [-0.39, 0.29) is 30.0 Å². The van der Waals surface area contributed by atoms with Crippen LogP contribution in [0.2, 0.25) is 0 Å². The molecule has 108 valence electrons. The Kier molecular flexibility index (Phi) is 6.49. The smallest absolute Gasteiger partial charge is 0.165 e. The van der Waals surface area contributed by atoms with Crippen molar-refractivity contribution in [2.24, 2.45) is 5.73 Å². The lowest BCUT2D eigenvalue weighted by Crippen LogP contribution is -2.17. The lowest BCUT2D eigenvalue weighted by molar-refractivity contribution is 0.290. The fourth-order valence-corrected chi connectivity index (χ4v) is 1.90. The van der Waals surface area contributed by atoms with E-state index in [9.17, 15) is 4.39 Å². The van der Waals surface area contributed by atoms with Gasteiger partial charge in [0.15, 0.2) is 11.6 Å². The molecule has 1 atom stereocenters. The second-order valence-corrected chi connectivity index (χ2v) is 4.72. The van der Waals surface area contributed by atoms with Gasteiger partial charge in [-0.25, -0.2) is 4.39 Å². The van der Waals surface area contributed by atoms with E-state index in [1.165, 1.54) is 6.07 Å². The Morgan fingerprint density at radius 3 is 2.40 bits per heavy atom. The van der Waals surface area contributed by atoms with Crippen molar-refractivity contribution < 1.29 is 9.13 Å². The fourth-order valence-electron chi connectivity index (χ4n) is 1.90. The normalized spacial score (nSPS) is 11.6. The van der Waals surface area contributed by atoms with Crippen molar-refractivity contribution in [3.63, 3.8) is 0 Å². The number of benzene rings is 2. The maximum atomic E-state index is 13.8. The zero-order valence-corrected chi connectivity index (χ0v) is 12.2. The fraction of sp³-hybridized carbons (Fsp3) is 0.250. The Morgan fingerprint density at radius 1 is 1.10 bits per heavy atom. The molecule has 0 aromatic heterocycles. The maximum Gasteiger partial charge on any atom is 0.165 e. The van der Waals surface area contributed by atoms with Gasteiger partial charge in [-0.15, -0.1) is 12.4 Å². The summed E-state index contributed by atoms with van der Waals surface area (Å²) in [6.07, 6.45) is 0.663. The van der Waals surface area contributed by atoms with Crippen LogP contribution < -0.4 is 10.5 Å². The van der Waals surface area contributed by atoms with E-state index >= 15 is 0 Å².